The van der Waals surface area contributed by atoms with Crippen molar-refractivity contribution in [3.63, 3.8) is 0 Å². The monoisotopic (exact) mass is 277 g/mol. The Morgan fingerprint density at radius 2 is 1.86 bits per heavy atom. The van der Waals surface area contributed by atoms with Crippen LogP contribution >= 0.6 is 0 Å². The minimum atomic E-state index is 0.0699. The third-order valence-electron chi connectivity index (χ3n) is 3.68. The first-order chi connectivity index (χ1) is 10.1. The third-order valence-corrected chi connectivity index (χ3v) is 3.68. The summed E-state index contributed by atoms with van der Waals surface area (Å²) in [5.41, 5.74) is 5.51. The standard InChI is InChI=1S/C18H19N3/c1-13-16(14-7-11-19-12-8-14)17(21-20-13)15-5-4-9-18(2,3)10-6-15/h4-12H,1-3H3,(H,20,21). The van der Waals surface area contributed by atoms with Gasteiger partial charge in [-0.1, -0.05) is 44.2 Å². The highest BCUT2D eigenvalue weighted by atomic mass is 15.1. The lowest BCUT2D eigenvalue weighted by Gasteiger charge is -2.12. The van der Waals surface area contributed by atoms with E-state index >= 15 is 0 Å². The first-order valence-corrected chi connectivity index (χ1v) is 7.11. The molecule has 21 heavy (non-hydrogen) atoms. The van der Waals surface area contributed by atoms with Crippen molar-refractivity contribution in [2.75, 3.05) is 0 Å². The number of pyridine rings is 1. The maximum Gasteiger partial charge on any atom is 0.100 e. The molecule has 0 aliphatic heterocycles. The van der Waals surface area contributed by atoms with Crippen molar-refractivity contribution in [1.29, 1.82) is 0 Å². The lowest BCUT2D eigenvalue weighted by molar-refractivity contribution is 0.627. The maximum atomic E-state index is 4.51. The van der Waals surface area contributed by atoms with Crippen molar-refractivity contribution in [2.24, 2.45) is 5.41 Å². The van der Waals surface area contributed by atoms with Gasteiger partial charge in [0.2, 0.25) is 0 Å². The highest BCUT2D eigenvalue weighted by molar-refractivity contribution is 5.85. The Kier molecular flexibility index (Phi) is 3.34. The summed E-state index contributed by atoms with van der Waals surface area (Å²) < 4.78 is 0. The fourth-order valence-corrected chi connectivity index (χ4v) is 2.48. The van der Waals surface area contributed by atoms with Crippen LogP contribution in [0, 0.1) is 12.3 Å². The van der Waals surface area contributed by atoms with E-state index in [2.05, 4.69) is 59.4 Å². The van der Waals surface area contributed by atoms with E-state index in [4.69, 9.17) is 0 Å². The molecule has 3 heteroatoms. The summed E-state index contributed by atoms with van der Waals surface area (Å²) in [6, 6.07) is 4.03. The molecule has 0 saturated carbocycles. The highest BCUT2D eigenvalue weighted by Gasteiger charge is 2.17. The molecule has 0 amide bonds. The van der Waals surface area contributed by atoms with Crippen LogP contribution in [0.3, 0.4) is 0 Å². The van der Waals surface area contributed by atoms with Gasteiger partial charge in [0.25, 0.3) is 0 Å². The molecular formula is C18H19N3. The summed E-state index contributed by atoms with van der Waals surface area (Å²) in [5, 5.41) is 7.61. The quantitative estimate of drug-likeness (QED) is 0.888. The van der Waals surface area contributed by atoms with Crippen LogP contribution in [-0.4, -0.2) is 15.2 Å². The topological polar surface area (TPSA) is 41.6 Å². The molecule has 0 bridgehead atoms. The van der Waals surface area contributed by atoms with Gasteiger partial charge < -0.3 is 0 Å². The lowest BCUT2D eigenvalue weighted by Crippen LogP contribution is -2.00. The van der Waals surface area contributed by atoms with Crippen LogP contribution in [-0.2, 0) is 0 Å². The van der Waals surface area contributed by atoms with Crippen LogP contribution in [0.2, 0.25) is 0 Å². The number of hydrogen-bond acceptors (Lipinski definition) is 2. The van der Waals surface area contributed by atoms with Crippen molar-refractivity contribution in [3.8, 4) is 11.1 Å². The number of nitrogens with one attached hydrogen (secondary N) is 1. The van der Waals surface area contributed by atoms with Gasteiger partial charge in [0.15, 0.2) is 0 Å². The Labute approximate surface area is 125 Å². The van der Waals surface area contributed by atoms with Gasteiger partial charge in [0.1, 0.15) is 5.69 Å². The molecule has 1 aliphatic rings. The predicted octanol–water partition coefficient (Wildman–Crippen LogP) is 4.32. The first-order valence-electron chi connectivity index (χ1n) is 7.11. The number of H-pyrrole nitrogens is 1. The first kappa shape index (κ1) is 13.6. The summed E-state index contributed by atoms with van der Waals surface area (Å²) in [4.78, 5) is 4.09. The molecule has 0 aromatic carbocycles. The molecular weight excluding hydrogens is 258 g/mol. The van der Waals surface area contributed by atoms with Gasteiger partial charge in [-0.3, -0.25) is 10.1 Å². The molecule has 2 aromatic heterocycles. The van der Waals surface area contributed by atoms with Crippen LogP contribution in [0.5, 0.6) is 0 Å². The van der Waals surface area contributed by atoms with Crippen LogP contribution in [0.1, 0.15) is 25.2 Å². The van der Waals surface area contributed by atoms with E-state index in [9.17, 15) is 0 Å². The molecule has 1 N–H and O–H groups in total. The molecule has 0 spiro atoms. The van der Waals surface area contributed by atoms with E-state index in [1.54, 1.807) is 0 Å². The number of allylic oxidation sites excluding steroid dienone is 6. The van der Waals surface area contributed by atoms with Gasteiger partial charge in [-0.25, -0.2) is 0 Å². The second-order valence-corrected chi connectivity index (χ2v) is 5.94. The third kappa shape index (κ3) is 2.72. The van der Waals surface area contributed by atoms with E-state index in [1.165, 1.54) is 0 Å². The molecule has 0 unspecified atom stereocenters. The van der Waals surface area contributed by atoms with Crippen LogP contribution in [0.4, 0.5) is 0 Å². The number of aryl methyl sites for hydroxylation is 1. The van der Waals surface area contributed by atoms with E-state index < -0.39 is 0 Å². The number of hydrogen-bond donors (Lipinski definition) is 1. The molecule has 3 rings (SSSR count). The number of aromatic amines is 1. The summed E-state index contributed by atoms with van der Waals surface area (Å²) >= 11 is 0. The van der Waals surface area contributed by atoms with Crippen molar-refractivity contribution in [2.45, 2.75) is 20.8 Å². The van der Waals surface area contributed by atoms with Crippen molar-refractivity contribution in [3.05, 3.63) is 66.3 Å². The van der Waals surface area contributed by atoms with E-state index in [1.807, 2.05) is 31.5 Å². The van der Waals surface area contributed by atoms with Crippen molar-refractivity contribution < 1.29 is 0 Å². The van der Waals surface area contributed by atoms with Gasteiger partial charge in [-0.15, -0.1) is 0 Å². The average Bonchev–Trinajstić information content (AvgIpc) is 2.75. The molecule has 106 valence electrons. The van der Waals surface area contributed by atoms with Crippen LogP contribution < -0.4 is 0 Å². The zero-order valence-electron chi connectivity index (χ0n) is 12.6. The van der Waals surface area contributed by atoms with Crippen LogP contribution in [0.15, 0.2) is 54.9 Å². The molecule has 0 atom stereocenters. The largest absolute Gasteiger partial charge is 0.282 e. The van der Waals surface area contributed by atoms with Gasteiger partial charge in [-0.2, -0.15) is 5.10 Å². The number of nitrogens with zero attached hydrogens (tertiary/aromatic N) is 2. The Bertz CT molecular complexity index is 731. The Balaban J connectivity index is 2.10. The second kappa shape index (κ2) is 5.17. The molecule has 1 aliphatic carbocycles. The van der Waals surface area contributed by atoms with Gasteiger partial charge >= 0.3 is 0 Å². The Hall–Kier alpha value is -2.42. The molecule has 2 heterocycles. The number of rotatable bonds is 2. The van der Waals surface area contributed by atoms with Crippen molar-refractivity contribution in [1.82, 2.24) is 15.2 Å². The van der Waals surface area contributed by atoms with Crippen molar-refractivity contribution >= 4 is 5.57 Å². The maximum absolute atomic E-state index is 4.51. The van der Waals surface area contributed by atoms with E-state index in [0.717, 1.165) is 28.1 Å². The van der Waals surface area contributed by atoms with E-state index in [-0.39, 0.29) is 5.41 Å². The minimum Gasteiger partial charge on any atom is -0.282 e. The molecule has 0 fully saturated rings. The zero-order chi connectivity index (χ0) is 14.9. The van der Waals surface area contributed by atoms with Gasteiger partial charge in [-0.05, 0) is 24.6 Å². The summed E-state index contributed by atoms with van der Waals surface area (Å²) in [5.74, 6) is 0. The van der Waals surface area contributed by atoms with Crippen LogP contribution in [0.25, 0.3) is 16.7 Å². The molecule has 2 aromatic rings. The fraction of sp³-hybridized carbons (Fsp3) is 0.222. The number of aromatic nitrogens is 3. The van der Waals surface area contributed by atoms with Gasteiger partial charge in [0.05, 0.1) is 0 Å². The SMILES string of the molecule is Cc1[nH]nc(C2=CC=CC(C)(C)C=C2)c1-c1ccncc1. The molecule has 0 radical (unpaired) electrons. The average molecular weight is 277 g/mol. The lowest BCUT2D eigenvalue weighted by atomic mass is 9.92. The van der Waals surface area contributed by atoms with E-state index in [0.29, 0.717) is 0 Å². The Morgan fingerprint density at radius 3 is 2.62 bits per heavy atom. The summed E-state index contributed by atoms with van der Waals surface area (Å²) in [6.07, 6.45) is 14.4. The molecule has 3 nitrogen and oxygen atoms in total. The fourth-order valence-electron chi connectivity index (χ4n) is 2.48. The minimum absolute atomic E-state index is 0.0699. The smallest absolute Gasteiger partial charge is 0.100 e. The normalized spacial score (nSPS) is 16.6. The van der Waals surface area contributed by atoms with Gasteiger partial charge in [0, 0.05) is 34.6 Å². The molecule has 0 saturated heterocycles. The Morgan fingerprint density at radius 1 is 1.10 bits per heavy atom. The highest BCUT2D eigenvalue weighted by Crippen LogP contribution is 2.33. The summed E-state index contributed by atoms with van der Waals surface area (Å²) in [6.45, 7) is 6.43. The summed E-state index contributed by atoms with van der Waals surface area (Å²) in [7, 11) is 0. The second-order valence-electron chi connectivity index (χ2n) is 5.94. The predicted molar refractivity (Wildman–Crippen MR) is 86.6 cm³/mol. The zero-order valence-corrected chi connectivity index (χ0v) is 12.6.